The highest BCUT2D eigenvalue weighted by Crippen LogP contribution is 2.20. The van der Waals surface area contributed by atoms with Crippen molar-refractivity contribution < 1.29 is 22.5 Å². The van der Waals surface area contributed by atoms with Gasteiger partial charge in [-0.05, 0) is 25.2 Å². The molecular formula is C19H19FN4O6S. The third-order valence-electron chi connectivity index (χ3n) is 4.21. The molecule has 1 aromatic heterocycles. The van der Waals surface area contributed by atoms with E-state index in [0.29, 0.717) is 0 Å². The van der Waals surface area contributed by atoms with E-state index in [-0.39, 0.29) is 28.0 Å². The van der Waals surface area contributed by atoms with Crippen LogP contribution in [-0.2, 0) is 17.7 Å². The summed E-state index contributed by atoms with van der Waals surface area (Å²) in [5, 5.41) is 0.0511. The van der Waals surface area contributed by atoms with E-state index in [4.69, 9.17) is 9.15 Å². The van der Waals surface area contributed by atoms with Gasteiger partial charge in [0.15, 0.2) is 17.0 Å². The molecule has 1 atom stereocenters. The normalized spacial score (nSPS) is 11.9. The van der Waals surface area contributed by atoms with E-state index in [0.717, 1.165) is 4.57 Å². The van der Waals surface area contributed by atoms with Crippen LogP contribution < -0.4 is 25.5 Å². The van der Waals surface area contributed by atoms with Gasteiger partial charge in [-0.25, -0.2) is 27.5 Å². The molecule has 1 heterocycles. The number of hydrogen-bond acceptors (Lipinski definition) is 6. The maximum Gasteiger partial charge on any atom is 0.422 e. The number of carbonyl (C=O) groups excluding carboxylic acids is 1. The van der Waals surface area contributed by atoms with Crippen molar-refractivity contribution >= 4 is 33.9 Å². The zero-order valence-corrected chi connectivity index (χ0v) is 17.6. The van der Waals surface area contributed by atoms with Crippen molar-refractivity contribution in [1.82, 2.24) is 14.2 Å². The molecule has 1 amide bonds. The minimum Gasteiger partial charge on any atom is -0.410 e. The van der Waals surface area contributed by atoms with Crippen molar-refractivity contribution in [1.29, 1.82) is 0 Å². The number of amides is 1. The molecule has 3 rings (SSSR count). The van der Waals surface area contributed by atoms with Crippen molar-refractivity contribution in [2.75, 3.05) is 25.9 Å². The fourth-order valence-corrected chi connectivity index (χ4v) is 3.09. The molecule has 0 saturated heterocycles. The summed E-state index contributed by atoms with van der Waals surface area (Å²) in [5.41, 5.74) is -0.817. The molecule has 0 aliphatic heterocycles. The Morgan fingerprint density at radius 1 is 1.26 bits per heavy atom. The number of anilines is 1. The Balaban J connectivity index is 1.98. The Labute approximate surface area is 177 Å². The zero-order chi connectivity index (χ0) is 22.7. The summed E-state index contributed by atoms with van der Waals surface area (Å²) in [4.78, 5) is 38.1. The minimum atomic E-state index is -1.71. The first-order chi connectivity index (χ1) is 14.7. The Morgan fingerprint density at radius 2 is 2.00 bits per heavy atom. The van der Waals surface area contributed by atoms with Crippen LogP contribution >= 0.6 is 0 Å². The van der Waals surface area contributed by atoms with E-state index in [1.807, 2.05) is 0 Å². The van der Waals surface area contributed by atoms with Crippen LogP contribution in [0, 0.1) is 5.82 Å². The molecule has 0 spiro atoms. The maximum absolute atomic E-state index is 14.7. The van der Waals surface area contributed by atoms with Crippen LogP contribution in [0.5, 0.6) is 5.75 Å². The molecule has 0 saturated carbocycles. The number of aromatic nitrogens is 1. The molecule has 0 bridgehead atoms. The molecule has 164 valence electrons. The van der Waals surface area contributed by atoms with E-state index >= 15 is 0 Å². The van der Waals surface area contributed by atoms with Crippen LogP contribution in [0.25, 0.3) is 11.0 Å². The number of fused-ring (bicyclic) bond motifs is 1. The van der Waals surface area contributed by atoms with E-state index < -0.39 is 40.9 Å². The van der Waals surface area contributed by atoms with Gasteiger partial charge in [-0.15, -0.1) is 0 Å². The Morgan fingerprint density at radius 3 is 2.68 bits per heavy atom. The van der Waals surface area contributed by atoms with Gasteiger partial charge in [0, 0.05) is 25.7 Å². The minimum absolute atomic E-state index is 0.0170. The maximum atomic E-state index is 14.7. The molecule has 12 heteroatoms. The van der Waals surface area contributed by atoms with Crippen LogP contribution in [0.2, 0.25) is 0 Å². The fraction of sp³-hybridized carbons (Fsp3) is 0.211. The van der Waals surface area contributed by atoms with Gasteiger partial charge in [-0.2, -0.15) is 0 Å². The first-order valence-corrected chi connectivity index (χ1v) is 10.1. The molecule has 3 aromatic rings. The molecule has 0 radical (unpaired) electrons. The third kappa shape index (κ3) is 4.81. The number of ether oxygens (including phenoxy) is 1. The average Bonchev–Trinajstić information content (AvgIpc) is 2.73. The summed E-state index contributed by atoms with van der Waals surface area (Å²) >= 11 is -1.71. The third-order valence-corrected chi connectivity index (χ3v) is 4.99. The van der Waals surface area contributed by atoms with Gasteiger partial charge in [-0.1, -0.05) is 12.1 Å². The first kappa shape index (κ1) is 22.2. The van der Waals surface area contributed by atoms with E-state index in [2.05, 4.69) is 9.44 Å². The van der Waals surface area contributed by atoms with Gasteiger partial charge < -0.3 is 14.1 Å². The molecule has 1 unspecified atom stereocenters. The summed E-state index contributed by atoms with van der Waals surface area (Å²) in [7, 11) is 4.43. The van der Waals surface area contributed by atoms with Crippen LogP contribution in [0.3, 0.4) is 0 Å². The van der Waals surface area contributed by atoms with Gasteiger partial charge in [0.1, 0.15) is 11.3 Å². The van der Waals surface area contributed by atoms with Gasteiger partial charge >= 0.3 is 11.8 Å². The lowest BCUT2D eigenvalue weighted by molar-refractivity contribution is 0.172. The zero-order valence-electron chi connectivity index (χ0n) is 16.8. The van der Waals surface area contributed by atoms with Crippen LogP contribution in [-0.4, -0.2) is 40.9 Å². The highest BCUT2D eigenvalue weighted by Gasteiger charge is 2.16. The van der Waals surface area contributed by atoms with E-state index in [1.165, 1.54) is 62.4 Å². The predicted molar refractivity (Wildman–Crippen MR) is 113 cm³/mol. The molecule has 0 aliphatic rings. The van der Waals surface area contributed by atoms with E-state index in [1.54, 1.807) is 0 Å². The number of halogens is 1. The van der Waals surface area contributed by atoms with Crippen molar-refractivity contribution in [3.63, 3.8) is 0 Å². The Hall–Kier alpha value is -3.51. The summed E-state index contributed by atoms with van der Waals surface area (Å²) in [6, 6.07) is 8.24. The molecule has 0 aliphatic carbocycles. The molecule has 31 heavy (non-hydrogen) atoms. The molecule has 2 N–H and O–H groups in total. The average molecular weight is 450 g/mol. The van der Waals surface area contributed by atoms with Gasteiger partial charge in [-0.3, -0.25) is 9.52 Å². The smallest absolute Gasteiger partial charge is 0.410 e. The standard InChI is InChI=1S/C19H19FN4O6S/c1-21-31(28)22-14-6-4-5-11(16(14)20)10-24-17(25)13-8-7-12(29-18(26)23(2)3)9-15(13)30-19(24)27/h4-9,21-22H,10H2,1-3H3. The fourth-order valence-electron chi connectivity index (χ4n) is 2.64. The van der Waals surface area contributed by atoms with Crippen LogP contribution in [0.1, 0.15) is 5.56 Å². The van der Waals surface area contributed by atoms with Crippen LogP contribution in [0.4, 0.5) is 14.9 Å². The lowest BCUT2D eigenvalue weighted by atomic mass is 10.2. The molecular weight excluding hydrogens is 431 g/mol. The summed E-state index contributed by atoms with van der Waals surface area (Å²) in [6.07, 6.45) is -0.641. The van der Waals surface area contributed by atoms with Gasteiger partial charge in [0.2, 0.25) is 0 Å². The summed E-state index contributed by atoms with van der Waals surface area (Å²) < 4.78 is 42.2. The molecule has 2 aromatic carbocycles. The number of hydrogen-bond donors (Lipinski definition) is 2. The molecule has 0 fully saturated rings. The number of nitrogens with zero attached hydrogens (tertiary/aromatic N) is 2. The Bertz CT molecular complexity index is 1290. The van der Waals surface area contributed by atoms with Crippen molar-refractivity contribution in [2.24, 2.45) is 0 Å². The van der Waals surface area contributed by atoms with E-state index in [9.17, 15) is 23.0 Å². The largest absolute Gasteiger partial charge is 0.422 e. The van der Waals surface area contributed by atoms with Crippen molar-refractivity contribution in [2.45, 2.75) is 6.54 Å². The Kier molecular flexibility index (Phi) is 6.51. The second-order valence-electron chi connectivity index (χ2n) is 6.53. The molecule has 10 nitrogen and oxygen atoms in total. The summed E-state index contributed by atoms with van der Waals surface area (Å²) in [5.74, 6) is -1.68. The van der Waals surface area contributed by atoms with Gasteiger partial charge in [0.25, 0.3) is 5.56 Å². The number of rotatable bonds is 6. The number of carbonyl (C=O) groups is 1. The van der Waals surface area contributed by atoms with Crippen molar-refractivity contribution in [3.05, 3.63) is 68.7 Å². The second kappa shape index (κ2) is 9.10. The van der Waals surface area contributed by atoms with Crippen LogP contribution in [0.15, 0.2) is 50.4 Å². The van der Waals surface area contributed by atoms with Crippen molar-refractivity contribution in [3.8, 4) is 5.75 Å². The first-order valence-electron chi connectivity index (χ1n) is 8.91. The monoisotopic (exact) mass is 450 g/mol. The number of benzene rings is 2. The highest BCUT2D eigenvalue weighted by atomic mass is 32.2. The summed E-state index contributed by atoms with van der Waals surface area (Å²) in [6.45, 7) is -0.401. The topological polar surface area (TPSA) is 123 Å². The highest BCUT2D eigenvalue weighted by molar-refractivity contribution is 7.84. The second-order valence-corrected chi connectivity index (χ2v) is 7.68. The number of nitrogens with one attached hydrogen (secondary N) is 2. The lowest BCUT2D eigenvalue weighted by Crippen LogP contribution is -2.33. The SMILES string of the molecule is CNS(=O)Nc1cccc(Cn2c(=O)oc3cc(OC(=O)N(C)C)ccc3c2=O)c1F. The predicted octanol–water partition coefficient (Wildman–Crippen LogP) is 1.41. The quantitative estimate of drug-likeness (QED) is 0.586. The van der Waals surface area contributed by atoms with Gasteiger partial charge in [0.05, 0.1) is 17.6 Å². The lowest BCUT2D eigenvalue weighted by Gasteiger charge is -2.12.